The average Bonchev–Trinajstić information content (AvgIpc) is 3.54. The maximum Gasteiger partial charge on any atom is 0.417 e. The number of nitrogens with zero attached hydrogens (tertiary/aromatic N) is 2. The molecule has 2 heterocycles. The van der Waals surface area contributed by atoms with Crippen LogP contribution in [0.25, 0.3) is 10.8 Å². The first-order chi connectivity index (χ1) is 16.9. The Bertz CT molecular complexity index is 1330. The van der Waals surface area contributed by atoms with Gasteiger partial charge in [0.25, 0.3) is 0 Å². The Balaban J connectivity index is 1.42. The summed E-state index contributed by atoms with van der Waals surface area (Å²) in [5.41, 5.74) is -4.00. The summed E-state index contributed by atoms with van der Waals surface area (Å²) in [6, 6.07) is 8.51. The lowest BCUT2D eigenvalue weighted by Crippen LogP contribution is -2.41. The number of cyclic esters (lactones) is 1. The molecule has 1 aliphatic heterocycles. The van der Waals surface area contributed by atoms with Gasteiger partial charge in [-0.25, -0.2) is 9.69 Å². The molecule has 5 rings (SSSR count). The molecule has 2 fully saturated rings. The Morgan fingerprint density at radius 2 is 1.64 bits per heavy atom. The van der Waals surface area contributed by atoms with Crippen LogP contribution in [-0.2, 0) is 28.3 Å². The first kappa shape index (κ1) is 24.1. The molecule has 2 amide bonds. The molecule has 2 aromatic carbocycles. The molecule has 2 aliphatic rings. The van der Waals surface area contributed by atoms with Crippen LogP contribution in [0.1, 0.15) is 47.6 Å². The third-order valence-electron chi connectivity index (χ3n) is 6.62. The highest BCUT2D eigenvalue weighted by molar-refractivity contribution is 5.96. The second kappa shape index (κ2) is 8.21. The van der Waals surface area contributed by atoms with Crippen LogP contribution < -0.4 is 0 Å². The lowest BCUT2D eigenvalue weighted by atomic mass is 9.95. The van der Waals surface area contributed by atoms with Crippen molar-refractivity contribution < 1.29 is 40.7 Å². The Morgan fingerprint density at radius 3 is 2.25 bits per heavy atom. The zero-order valence-corrected chi connectivity index (χ0v) is 18.5. The lowest BCUT2D eigenvalue weighted by molar-refractivity contribution is -0.143. The zero-order chi connectivity index (χ0) is 25.9. The topological polar surface area (TPSA) is 59.5 Å². The fourth-order valence-electron chi connectivity index (χ4n) is 4.77. The molecule has 11 heteroatoms. The fourth-order valence-corrected chi connectivity index (χ4v) is 4.77. The van der Waals surface area contributed by atoms with Crippen LogP contribution in [0.4, 0.5) is 31.1 Å². The number of amides is 2. The number of pyridine rings is 1. The molecule has 0 bridgehead atoms. The van der Waals surface area contributed by atoms with Crippen molar-refractivity contribution in [2.24, 2.45) is 0 Å². The number of aromatic nitrogens is 1. The number of halogens is 6. The van der Waals surface area contributed by atoms with Crippen LogP contribution in [0.3, 0.4) is 0 Å². The van der Waals surface area contributed by atoms with Gasteiger partial charge in [0.1, 0.15) is 0 Å². The van der Waals surface area contributed by atoms with Gasteiger partial charge in [0, 0.05) is 24.2 Å². The van der Waals surface area contributed by atoms with Crippen molar-refractivity contribution in [3.63, 3.8) is 0 Å². The molecule has 5 nitrogen and oxygen atoms in total. The smallest absolute Gasteiger partial charge is 0.417 e. The van der Waals surface area contributed by atoms with Crippen molar-refractivity contribution in [1.82, 2.24) is 9.88 Å². The zero-order valence-electron chi connectivity index (χ0n) is 18.5. The summed E-state index contributed by atoms with van der Waals surface area (Å²) in [5.74, 6) is -0.615. The maximum absolute atomic E-state index is 13.3. The van der Waals surface area contributed by atoms with Crippen LogP contribution in [0.5, 0.6) is 0 Å². The first-order valence-corrected chi connectivity index (χ1v) is 11.0. The predicted molar refractivity (Wildman–Crippen MR) is 115 cm³/mol. The van der Waals surface area contributed by atoms with Crippen molar-refractivity contribution in [2.75, 3.05) is 0 Å². The number of fused-ring (bicyclic) bond motifs is 1. The number of rotatable bonds is 4. The number of ether oxygens (including phenoxy) is 1. The van der Waals surface area contributed by atoms with Crippen LogP contribution in [-0.4, -0.2) is 27.4 Å². The van der Waals surface area contributed by atoms with Gasteiger partial charge in [-0.15, -0.1) is 0 Å². The maximum atomic E-state index is 13.3. The Hall–Kier alpha value is -3.63. The molecule has 1 aromatic heterocycles. The molecule has 0 N–H and O–H groups in total. The number of carbonyl (C=O) groups excluding carboxylic acids is 2. The molecule has 1 saturated heterocycles. The van der Waals surface area contributed by atoms with Gasteiger partial charge in [-0.1, -0.05) is 24.3 Å². The molecule has 1 spiro atoms. The van der Waals surface area contributed by atoms with Gasteiger partial charge in [0.2, 0.25) is 5.91 Å². The van der Waals surface area contributed by atoms with Gasteiger partial charge >= 0.3 is 18.4 Å². The largest absolute Gasteiger partial charge is 0.438 e. The van der Waals surface area contributed by atoms with E-state index in [1.165, 1.54) is 0 Å². The van der Waals surface area contributed by atoms with Crippen LogP contribution in [0, 0.1) is 0 Å². The number of benzene rings is 2. The summed E-state index contributed by atoms with van der Waals surface area (Å²) in [7, 11) is 0. The van der Waals surface area contributed by atoms with Crippen LogP contribution >= 0.6 is 0 Å². The summed E-state index contributed by atoms with van der Waals surface area (Å²) >= 11 is 0. The third-order valence-corrected chi connectivity index (χ3v) is 6.62. The summed E-state index contributed by atoms with van der Waals surface area (Å²) in [4.78, 5) is 30.8. The lowest BCUT2D eigenvalue weighted by Gasteiger charge is -2.24. The quantitative estimate of drug-likeness (QED) is 0.380. The Labute approximate surface area is 200 Å². The normalized spacial score (nSPS) is 19.1. The number of aryl methyl sites for hydroxylation is 1. The van der Waals surface area contributed by atoms with E-state index in [1.54, 1.807) is 12.4 Å². The van der Waals surface area contributed by atoms with E-state index in [-0.39, 0.29) is 31.7 Å². The van der Waals surface area contributed by atoms with E-state index in [0.717, 1.165) is 21.2 Å². The molecular formula is C25H18F6N2O3. The summed E-state index contributed by atoms with van der Waals surface area (Å²) in [6.45, 7) is 0. The van der Waals surface area contributed by atoms with Crippen LogP contribution in [0.2, 0.25) is 0 Å². The van der Waals surface area contributed by atoms with Crippen molar-refractivity contribution in [3.05, 3.63) is 77.1 Å². The second-order valence-corrected chi connectivity index (χ2v) is 8.96. The first-order valence-electron chi connectivity index (χ1n) is 11.0. The minimum absolute atomic E-state index is 0.0149. The standard InChI is InChI=1S/C25H18F6N2O3/c26-24(27,28)17-9-16(10-18(11-17)25(29,30)31)21-23(7-8-23)33(22(35)36-21)20(34)6-5-15-13-32-12-14-3-1-2-4-19(14)15/h1-4,9-13,21H,5-8H2. The van der Waals surface area contributed by atoms with E-state index in [9.17, 15) is 35.9 Å². The van der Waals surface area contributed by atoms with Gasteiger partial charge in [-0.3, -0.25) is 9.78 Å². The summed E-state index contributed by atoms with van der Waals surface area (Å²) < 4.78 is 85.3. The Morgan fingerprint density at radius 1 is 1.00 bits per heavy atom. The monoisotopic (exact) mass is 508 g/mol. The van der Waals surface area contributed by atoms with Crippen LogP contribution in [0.15, 0.2) is 54.9 Å². The summed E-state index contributed by atoms with van der Waals surface area (Å²) in [6.07, 6.45) is -8.78. The van der Waals surface area contributed by atoms with E-state index >= 15 is 0 Å². The molecule has 36 heavy (non-hydrogen) atoms. The number of carbonyl (C=O) groups is 2. The van der Waals surface area contributed by atoms with E-state index in [4.69, 9.17) is 4.74 Å². The number of hydrogen-bond acceptors (Lipinski definition) is 4. The number of imide groups is 1. The molecule has 3 aromatic rings. The van der Waals surface area contributed by atoms with E-state index < -0.39 is 52.7 Å². The van der Waals surface area contributed by atoms with E-state index in [1.807, 2.05) is 24.3 Å². The SMILES string of the molecule is O=C(CCc1cncc2ccccc12)N1C(=O)OC(c2cc(C(F)(F)F)cc(C(F)(F)F)c2)C12CC2. The fraction of sp³-hybridized carbons (Fsp3) is 0.320. The van der Waals surface area contributed by atoms with Crippen molar-refractivity contribution in [2.45, 2.75) is 49.7 Å². The van der Waals surface area contributed by atoms with Gasteiger partial charge < -0.3 is 4.74 Å². The highest BCUT2D eigenvalue weighted by atomic mass is 19.4. The van der Waals surface area contributed by atoms with Crippen molar-refractivity contribution in [1.29, 1.82) is 0 Å². The van der Waals surface area contributed by atoms with E-state index in [0.29, 0.717) is 12.1 Å². The van der Waals surface area contributed by atoms with Gasteiger partial charge in [0.15, 0.2) is 6.10 Å². The summed E-state index contributed by atoms with van der Waals surface area (Å²) in [5, 5.41) is 1.75. The predicted octanol–water partition coefficient (Wildman–Crippen LogP) is 6.46. The molecule has 0 radical (unpaired) electrons. The van der Waals surface area contributed by atoms with Crippen molar-refractivity contribution in [3.8, 4) is 0 Å². The molecule has 188 valence electrons. The number of hydrogen-bond donors (Lipinski definition) is 0. The average molecular weight is 508 g/mol. The molecule has 1 atom stereocenters. The molecule has 1 unspecified atom stereocenters. The van der Waals surface area contributed by atoms with Gasteiger partial charge in [-0.2, -0.15) is 26.3 Å². The second-order valence-electron chi connectivity index (χ2n) is 8.96. The van der Waals surface area contributed by atoms with Gasteiger partial charge in [0.05, 0.1) is 16.7 Å². The third kappa shape index (κ3) is 4.16. The Kier molecular flexibility index (Phi) is 5.49. The van der Waals surface area contributed by atoms with Crippen molar-refractivity contribution >= 4 is 22.8 Å². The molecular weight excluding hydrogens is 490 g/mol. The minimum Gasteiger partial charge on any atom is -0.438 e. The van der Waals surface area contributed by atoms with Gasteiger partial charge in [-0.05, 0) is 54.0 Å². The molecule has 1 saturated carbocycles. The number of alkyl halides is 6. The minimum atomic E-state index is -5.04. The van der Waals surface area contributed by atoms with E-state index in [2.05, 4.69) is 4.98 Å². The molecule has 1 aliphatic carbocycles. The highest BCUT2D eigenvalue weighted by Gasteiger charge is 2.65. The highest BCUT2D eigenvalue weighted by Crippen LogP contribution is 2.57.